The summed E-state index contributed by atoms with van der Waals surface area (Å²) in [4.78, 5) is 4.90. The Morgan fingerprint density at radius 3 is 2.87 bits per heavy atom. The summed E-state index contributed by atoms with van der Waals surface area (Å²) in [5.74, 6) is 0.952. The molecular formula is C11H14BrNO2. The van der Waals surface area contributed by atoms with Crippen LogP contribution >= 0.6 is 15.9 Å². The second kappa shape index (κ2) is 3.68. The van der Waals surface area contributed by atoms with Gasteiger partial charge in [-0.05, 0) is 41.9 Å². The summed E-state index contributed by atoms with van der Waals surface area (Å²) in [6, 6.07) is 4.03. The highest BCUT2D eigenvalue weighted by Crippen LogP contribution is 2.39. The van der Waals surface area contributed by atoms with Crippen LogP contribution < -0.4 is 10.2 Å². The number of halogens is 1. The lowest BCUT2D eigenvalue weighted by molar-refractivity contribution is 0.138. The van der Waals surface area contributed by atoms with Crippen molar-refractivity contribution in [1.82, 2.24) is 0 Å². The van der Waals surface area contributed by atoms with E-state index in [2.05, 4.69) is 41.3 Å². The van der Waals surface area contributed by atoms with E-state index in [0.717, 1.165) is 22.3 Å². The van der Waals surface area contributed by atoms with E-state index in [1.165, 1.54) is 5.56 Å². The highest BCUT2D eigenvalue weighted by atomic mass is 79.9. The zero-order chi connectivity index (χ0) is 11.1. The Morgan fingerprint density at radius 1 is 1.47 bits per heavy atom. The molecule has 1 aromatic rings. The van der Waals surface area contributed by atoms with Gasteiger partial charge in [0.2, 0.25) is 0 Å². The van der Waals surface area contributed by atoms with Gasteiger partial charge >= 0.3 is 0 Å². The number of ether oxygens (including phenoxy) is 1. The van der Waals surface area contributed by atoms with Crippen molar-refractivity contribution in [3.05, 3.63) is 22.2 Å². The molecule has 0 aliphatic carbocycles. The minimum atomic E-state index is -0.104. The lowest BCUT2D eigenvalue weighted by Crippen LogP contribution is -2.24. The van der Waals surface area contributed by atoms with Crippen molar-refractivity contribution in [2.75, 3.05) is 12.6 Å². The molecule has 1 aliphatic heterocycles. The summed E-state index contributed by atoms with van der Waals surface area (Å²) < 4.78 is 6.75. The Balaban J connectivity index is 2.36. The molecule has 0 bridgehead atoms. The molecule has 3 nitrogen and oxygen atoms in total. The molecule has 0 amide bonds. The first kappa shape index (κ1) is 10.8. The first-order chi connectivity index (χ1) is 7.02. The molecule has 1 heterocycles. The summed E-state index contributed by atoms with van der Waals surface area (Å²) >= 11 is 3.47. The molecule has 0 spiro atoms. The molecule has 0 atom stereocenters. The molecule has 0 radical (unpaired) electrons. The van der Waals surface area contributed by atoms with Crippen molar-refractivity contribution in [2.24, 2.45) is 0 Å². The van der Waals surface area contributed by atoms with Crippen molar-refractivity contribution >= 4 is 21.6 Å². The molecule has 1 aliphatic rings. The summed E-state index contributed by atoms with van der Waals surface area (Å²) in [6.45, 7) is 4.18. The van der Waals surface area contributed by atoms with E-state index >= 15 is 0 Å². The second-order valence-corrected chi connectivity index (χ2v) is 5.14. The lowest BCUT2D eigenvalue weighted by atomic mass is 10.0. The number of rotatable bonds is 2. The van der Waals surface area contributed by atoms with Crippen LogP contribution in [-0.4, -0.2) is 12.7 Å². The molecule has 0 saturated carbocycles. The third-order valence-corrected chi connectivity index (χ3v) is 3.02. The Labute approximate surface area is 97.8 Å². The van der Waals surface area contributed by atoms with Gasteiger partial charge in [-0.25, -0.2) is 0 Å². The monoisotopic (exact) mass is 271 g/mol. The van der Waals surface area contributed by atoms with E-state index in [9.17, 15) is 0 Å². The molecule has 0 aromatic heterocycles. The molecule has 0 saturated heterocycles. The summed E-state index contributed by atoms with van der Waals surface area (Å²) in [6.07, 6.45) is 0.925. The van der Waals surface area contributed by atoms with Gasteiger partial charge in [0, 0.05) is 16.5 Å². The number of nitrogens with one attached hydrogen (secondary N) is 1. The van der Waals surface area contributed by atoms with Crippen LogP contribution in [0.1, 0.15) is 19.4 Å². The van der Waals surface area contributed by atoms with Crippen molar-refractivity contribution < 1.29 is 9.57 Å². The van der Waals surface area contributed by atoms with Gasteiger partial charge in [-0.3, -0.25) is 10.3 Å². The maximum atomic E-state index is 5.81. The average Bonchev–Trinajstić information content (AvgIpc) is 2.39. The van der Waals surface area contributed by atoms with Gasteiger partial charge in [-0.1, -0.05) is 0 Å². The molecule has 15 heavy (non-hydrogen) atoms. The van der Waals surface area contributed by atoms with Crippen LogP contribution in [0.15, 0.2) is 16.6 Å². The van der Waals surface area contributed by atoms with Crippen LogP contribution in [0.5, 0.6) is 5.75 Å². The molecule has 2 rings (SSSR count). The van der Waals surface area contributed by atoms with Crippen molar-refractivity contribution in [3.8, 4) is 5.75 Å². The number of benzene rings is 1. The number of anilines is 1. The van der Waals surface area contributed by atoms with E-state index in [-0.39, 0.29) is 5.60 Å². The van der Waals surface area contributed by atoms with E-state index < -0.39 is 0 Å². The van der Waals surface area contributed by atoms with Gasteiger partial charge in [0.1, 0.15) is 11.4 Å². The fraction of sp³-hybridized carbons (Fsp3) is 0.455. The molecule has 1 aromatic carbocycles. The van der Waals surface area contributed by atoms with Gasteiger partial charge in [-0.2, -0.15) is 0 Å². The first-order valence-electron chi connectivity index (χ1n) is 4.82. The molecule has 82 valence electrons. The van der Waals surface area contributed by atoms with E-state index in [4.69, 9.17) is 9.57 Å². The van der Waals surface area contributed by atoms with Crippen LogP contribution in [0.25, 0.3) is 0 Å². The predicted molar refractivity (Wildman–Crippen MR) is 63.2 cm³/mol. The van der Waals surface area contributed by atoms with Crippen LogP contribution in [0.4, 0.5) is 5.69 Å². The van der Waals surface area contributed by atoms with Crippen molar-refractivity contribution in [2.45, 2.75) is 25.9 Å². The fourth-order valence-electron chi connectivity index (χ4n) is 1.81. The highest BCUT2D eigenvalue weighted by molar-refractivity contribution is 9.10. The van der Waals surface area contributed by atoms with Crippen molar-refractivity contribution in [3.63, 3.8) is 0 Å². The third kappa shape index (κ3) is 2.11. The normalized spacial score (nSPS) is 17.1. The lowest BCUT2D eigenvalue weighted by Gasteiger charge is -2.16. The fourth-order valence-corrected chi connectivity index (χ4v) is 2.22. The first-order valence-corrected chi connectivity index (χ1v) is 5.61. The second-order valence-electron chi connectivity index (χ2n) is 4.28. The summed E-state index contributed by atoms with van der Waals surface area (Å²) in [7, 11) is 1.60. The summed E-state index contributed by atoms with van der Waals surface area (Å²) in [5, 5.41) is 0. The standard InChI is InChI=1S/C11H14BrNO2/c1-11(2)6-7-4-9(13-14-3)8(12)5-10(7)15-11/h4-5,13H,6H2,1-3H3. The molecule has 1 N–H and O–H groups in total. The molecule has 4 heteroatoms. The quantitative estimate of drug-likeness (QED) is 0.839. The average molecular weight is 272 g/mol. The van der Waals surface area contributed by atoms with Gasteiger partial charge in [0.15, 0.2) is 0 Å². The Bertz CT molecular complexity index is 390. The van der Waals surface area contributed by atoms with Gasteiger partial charge < -0.3 is 4.74 Å². The maximum absolute atomic E-state index is 5.81. The number of hydrogen-bond donors (Lipinski definition) is 1. The van der Waals surface area contributed by atoms with Crippen LogP contribution in [-0.2, 0) is 11.3 Å². The van der Waals surface area contributed by atoms with E-state index in [1.807, 2.05) is 6.07 Å². The van der Waals surface area contributed by atoms with E-state index in [0.29, 0.717) is 0 Å². The molecular weight excluding hydrogens is 258 g/mol. The van der Waals surface area contributed by atoms with Crippen LogP contribution in [0, 0.1) is 0 Å². The van der Waals surface area contributed by atoms with Gasteiger partial charge in [-0.15, -0.1) is 0 Å². The Morgan fingerprint density at radius 2 is 2.20 bits per heavy atom. The molecule has 0 unspecified atom stereocenters. The zero-order valence-electron chi connectivity index (χ0n) is 9.06. The van der Waals surface area contributed by atoms with Gasteiger partial charge in [0.25, 0.3) is 0 Å². The Hall–Kier alpha value is -0.740. The molecule has 0 fully saturated rings. The zero-order valence-corrected chi connectivity index (χ0v) is 10.6. The highest BCUT2D eigenvalue weighted by Gasteiger charge is 2.30. The number of fused-ring (bicyclic) bond motifs is 1. The maximum Gasteiger partial charge on any atom is 0.124 e. The van der Waals surface area contributed by atoms with Crippen LogP contribution in [0.3, 0.4) is 0 Å². The Kier molecular flexibility index (Phi) is 2.64. The largest absolute Gasteiger partial charge is 0.487 e. The summed E-state index contributed by atoms with van der Waals surface area (Å²) in [5.41, 5.74) is 4.87. The minimum Gasteiger partial charge on any atom is -0.487 e. The van der Waals surface area contributed by atoms with Gasteiger partial charge in [0.05, 0.1) is 12.8 Å². The predicted octanol–water partition coefficient (Wildman–Crippen LogP) is 3.14. The number of hydrogen-bond acceptors (Lipinski definition) is 3. The smallest absolute Gasteiger partial charge is 0.124 e. The van der Waals surface area contributed by atoms with Crippen molar-refractivity contribution in [1.29, 1.82) is 0 Å². The van der Waals surface area contributed by atoms with E-state index in [1.54, 1.807) is 7.11 Å². The van der Waals surface area contributed by atoms with Crippen LogP contribution in [0.2, 0.25) is 0 Å². The topological polar surface area (TPSA) is 30.5 Å². The third-order valence-electron chi connectivity index (χ3n) is 2.36. The minimum absolute atomic E-state index is 0.104. The SMILES string of the molecule is CONc1cc2c(cc1Br)OC(C)(C)C2.